The number of nitrogens with two attached hydrogens (primary N) is 1. The van der Waals surface area contributed by atoms with Crippen molar-refractivity contribution in [2.45, 2.75) is 56.7 Å². The molecule has 2 saturated carbocycles. The number of aromatic nitrogens is 1. The molecule has 2 fully saturated rings. The van der Waals surface area contributed by atoms with Crippen LogP contribution in [0.4, 0.5) is 13.2 Å². The van der Waals surface area contributed by atoms with Crippen LogP contribution in [0.2, 0.25) is 0 Å². The van der Waals surface area contributed by atoms with Crippen LogP contribution in [-0.4, -0.2) is 42.1 Å². The Morgan fingerprint density at radius 1 is 1.37 bits per heavy atom. The molecule has 3 rings (SSSR count). The summed E-state index contributed by atoms with van der Waals surface area (Å²) in [5, 5.41) is 2.91. The number of hydrogen-bond acceptors (Lipinski definition) is 6. The van der Waals surface area contributed by atoms with Gasteiger partial charge in [-0.3, -0.25) is 26.0 Å². The van der Waals surface area contributed by atoms with Crippen LogP contribution in [0.25, 0.3) is 0 Å². The summed E-state index contributed by atoms with van der Waals surface area (Å²) in [5.41, 5.74) is 4.78. The smallest absolute Gasteiger partial charge is 0.422 e. The van der Waals surface area contributed by atoms with E-state index in [9.17, 15) is 18.0 Å². The van der Waals surface area contributed by atoms with Gasteiger partial charge in [0.15, 0.2) is 6.61 Å². The zero-order valence-corrected chi connectivity index (χ0v) is 17.0. The lowest BCUT2D eigenvalue weighted by molar-refractivity contribution is -0.153. The first-order valence-electron chi connectivity index (χ1n) is 9.86. The van der Waals surface area contributed by atoms with Gasteiger partial charge >= 0.3 is 6.18 Å². The Labute approximate surface area is 174 Å². The largest absolute Gasteiger partial charge is 0.484 e. The maximum absolute atomic E-state index is 13.0. The van der Waals surface area contributed by atoms with Crippen LogP contribution >= 0.6 is 0 Å². The van der Waals surface area contributed by atoms with E-state index in [1.807, 2.05) is 6.92 Å². The highest BCUT2D eigenvalue weighted by molar-refractivity contribution is 5.99. The third-order valence-electron chi connectivity index (χ3n) is 5.26. The van der Waals surface area contributed by atoms with Crippen LogP contribution in [0.1, 0.15) is 62.4 Å². The molecule has 1 amide bonds. The maximum Gasteiger partial charge on any atom is 0.422 e. The summed E-state index contributed by atoms with van der Waals surface area (Å²) in [5.74, 6) is 5.88. The average molecular weight is 430 g/mol. The van der Waals surface area contributed by atoms with Gasteiger partial charge in [0.05, 0.1) is 5.54 Å². The van der Waals surface area contributed by atoms with Crippen molar-refractivity contribution in [1.29, 1.82) is 0 Å². The van der Waals surface area contributed by atoms with Crippen molar-refractivity contribution in [1.82, 2.24) is 21.3 Å². The molecule has 30 heavy (non-hydrogen) atoms. The predicted octanol–water partition coefficient (Wildman–Crippen LogP) is 2.43. The average Bonchev–Trinajstić information content (AvgIpc) is 3.58. The lowest BCUT2D eigenvalue weighted by Crippen LogP contribution is -2.60. The number of rotatable bonds is 9. The van der Waals surface area contributed by atoms with E-state index in [0.717, 1.165) is 25.7 Å². The minimum absolute atomic E-state index is 0. The van der Waals surface area contributed by atoms with E-state index in [0.29, 0.717) is 23.7 Å². The summed E-state index contributed by atoms with van der Waals surface area (Å²) in [7, 11) is 1.57. The number of pyridine rings is 1. The molecule has 0 bridgehead atoms. The van der Waals surface area contributed by atoms with E-state index in [4.69, 9.17) is 10.6 Å². The number of nitrogens with one attached hydrogen (secondary N) is 3. The van der Waals surface area contributed by atoms with Gasteiger partial charge in [0.1, 0.15) is 17.3 Å². The maximum atomic E-state index is 13.0. The van der Waals surface area contributed by atoms with Gasteiger partial charge in [0.25, 0.3) is 5.91 Å². The van der Waals surface area contributed by atoms with Crippen molar-refractivity contribution in [3.63, 3.8) is 0 Å². The van der Waals surface area contributed by atoms with Crippen LogP contribution < -0.4 is 26.9 Å². The number of carbonyl (C=O) groups is 1. The number of nitrogens with zero attached hydrogens (tertiary/aromatic N) is 2. The number of amidine groups is 1. The van der Waals surface area contributed by atoms with Crippen molar-refractivity contribution < 1.29 is 24.1 Å². The quantitative estimate of drug-likeness (QED) is 0.207. The fraction of sp³-hybridized carbons (Fsp3) is 0.632. The van der Waals surface area contributed by atoms with E-state index in [2.05, 4.69) is 26.3 Å². The van der Waals surface area contributed by atoms with Crippen molar-refractivity contribution >= 4 is 11.7 Å². The first-order chi connectivity index (χ1) is 14.1. The van der Waals surface area contributed by atoms with Crippen molar-refractivity contribution in [3.05, 3.63) is 23.5 Å². The van der Waals surface area contributed by atoms with Gasteiger partial charge in [-0.2, -0.15) is 18.7 Å². The lowest BCUT2D eigenvalue weighted by atomic mass is 9.92. The van der Waals surface area contributed by atoms with E-state index >= 15 is 0 Å². The molecule has 1 aromatic heterocycles. The predicted molar refractivity (Wildman–Crippen MR) is 107 cm³/mol. The minimum Gasteiger partial charge on any atom is -0.484 e. The zero-order chi connectivity index (χ0) is 21.9. The molecule has 1 unspecified atom stereocenters. The van der Waals surface area contributed by atoms with Gasteiger partial charge < -0.3 is 10.1 Å². The highest BCUT2D eigenvalue weighted by Crippen LogP contribution is 2.44. The number of ether oxygens (including phenoxy) is 1. The normalized spacial score (nSPS) is 19.2. The molecule has 5 N–H and O–H groups in total. The van der Waals surface area contributed by atoms with E-state index in [1.165, 1.54) is 12.3 Å². The monoisotopic (exact) mass is 430 g/mol. The third kappa shape index (κ3) is 5.82. The molecule has 8 nitrogen and oxygen atoms in total. The fourth-order valence-electron chi connectivity index (χ4n) is 3.49. The van der Waals surface area contributed by atoms with Crippen molar-refractivity contribution in [2.75, 3.05) is 13.7 Å². The SMILES string of the molecule is CN=C(NNN)C(C)(CC1CC1)NC(=O)c1cc(OCC(F)(F)F)c(C2CC2)cn1.[HH]. The molecular weight excluding hydrogens is 401 g/mol. The summed E-state index contributed by atoms with van der Waals surface area (Å²) in [6, 6.07) is 1.28. The standard InChI is InChI=1S/C19H27F3N6O2.H2/c1-18(8-11-3-4-11,17(24-2)27-28-23)26-16(29)14-7-15(30-10-19(20,21)22)13(9-25-14)12-5-6-12;/h7,9,11-12,28H,3-6,8,10,23H2,1-2H3,(H,24,27)(H,26,29);1H. The van der Waals surface area contributed by atoms with Crippen LogP contribution in [-0.2, 0) is 0 Å². The highest BCUT2D eigenvalue weighted by Gasteiger charge is 2.39. The summed E-state index contributed by atoms with van der Waals surface area (Å²) in [4.78, 5) is 21.3. The van der Waals surface area contributed by atoms with Gasteiger partial charge in [-0.05, 0) is 38.0 Å². The Morgan fingerprint density at radius 3 is 2.60 bits per heavy atom. The Kier molecular flexibility index (Phi) is 6.51. The van der Waals surface area contributed by atoms with Crippen LogP contribution in [0.3, 0.4) is 0 Å². The van der Waals surface area contributed by atoms with E-state index in [1.54, 1.807) is 7.05 Å². The van der Waals surface area contributed by atoms with Gasteiger partial charge in [0, 0.05) is 26.3 Å². The number of hydrogen-bond donors (Lipinski definition) is 4. The second-order valence-corrected chi connectivity index (χ2v) is 8.06. The van der Waals surface area contributed by atoms with Crippen molar-refractivity contribution in [2.24, 2.45) is 16.8 Å². The molecule has 11 heteroatoms. The Bertz CT molecular complexity index is 814. The number of aliphatic imine (C=N–C) groups is 1. The molecule has 2 aliphatic carbocycles. The van der Waals surface area contributed by atoms with Gasteiger partial charge in [-0.15, -0.1) is 0 Å². The molecule has 168 valence electrons. The minimum atomic E-state index is -4.47. The van der Waals surface area contributed by atoms with Gasteiger partial charge in [-0.25, -0.2) is 0 Å². The first kappa shape index (κ1) is 22.3. The molecule has 1 aromatic rings. The summed E-state index contributed by atoms with van der Waals surface area (Å²) in [6.45, 7) is 0.394. The van der Waals surface area contributed by atoms with Crippen molar-refractivity contribution in [3.8, 4) is 5.75 Å². The Hall–Kier alpha value is -2.40. The molecule has 1 atom stereocenters. The number of carbonyl (C=O) groups excluding carboxylic acids is 1. The molecule has 0 saturated heterocycles. The topological polar surface area (TPSA) is 114 Å². The molecular formula is C19H29F3N6O2. The second kappa shape index (κ2) is 8.76. The van der Waals surface area contributed by atoms with Gasteiger partial charge in [-0.1, -0.05) is 12.8 Å². The molecule has 0 radical (unpaired) electrons. The highest BCUT2D eigenvalue weighted by atomic mass is 19.4. The van der Waals surface area contributed by atoms with Crippen LogP contribution in [0.15, 0.2) is 17.3 Å². The molecule has 0 spiro atoms. The lowest BCUT2D eigenvalue weighted by Gasteiger charge is -2.32. The Morgan fingerprint density at radius 2 is 2.07 bits per heavy atom. The van der Waals surface area contributed by atoms with Crippen LogP contribution in [0.5, 0.6) is 5.75 Å². The first-order valence-corrected chi connectivity index (χ1v) is 9.86. The Balaban J connectivity index is 0.00000341. The number of hydrazine groups is 2. The fourth-order valence-corrected chi connectivity index (χ4v) is 3.49. The molecule has 0 aromatic carbocycles. The van der Waals surface area contributed by atoms with E-state index < -0.39 is 24.2 Å². The number of amides is 1. The summed E-state index contributed by atoms with van der Waals surface area (Å²) in [6.07, 6.45) is 1.45. The summed E-state index contributed by atoms with van der Waals surface area (Å²) >= 11 is 0. The van der Waals surface area contributed by atoms with Crippen LogP contribution in [0, 0.1) is 5.92 Å². The number of halogens is 3. The number of alkyl halides is 3. The molecule has 2 aliphatic rings. The third-order valence-corrected chi connectivity index (χ3v) is 5.26. The molecule has 1 heterocycles. The van der Waals surface area contributed by atoms with Gasteiger partial charge in [0.2, 0.25) is 0 Å². The van der Waals surface area contributed by atoms with E-state index in [-0.39, 0.29) is 18.8 Å². The summed E-state index contributed by atoms with van der Waals surface area (Å²) < 4.78 is 42.9. The molecule has 0 aliphatic heterocycles. The zero-order valence-electron chi connectivity index (χ0n) is 17.0. The second-order valence-electron chi connectivity index (χ2n) is 8.06.